The van der Waals surface area contributed by atoms with Gasteiger partial charge in [-0.15, -0.1) is 0 Å². The topological polar surface area (TPSA) is 105 Å². The van der Waals surface area contributed by atoms with Crippen molar-refractivity contribution in [2.24, 2.45) is 0 Å². The maximum atomic E-state index is 12.9. The summed E-state index contributed by atoms with van der Waals surface area (Å²) >= 11 is 0. The van der Waals surface area contributed by atoms with Crippen molar-refractivity contribution in [3.8, 4) is 6.01 Å². The van der Waals surface area contributed by atoms with Crippen molar-refractivity contribution in [3.63, 3.8) is 0 Å². The zero-order valence-electron chi connectivity index (χ0n) is 20.5. The highest BCUT2D eigenvalue weighted by Crippen LogP contribution is 2.22. The van der Waals surface area contributed by atoms with Crippen molar-refractivity contribution < 1.29 is 4.74 Å². The Morgan fingerprint density at radius 3 is 2.41 bits per heavy atom. The molecular weight excluding hydrogens is 406 g/mol. The standard InChI is InChI=1S/C23H41N7O2/c1-6-8-10-17(28-11-13-29(14-12-28)23(3,4)5)16-30-20-18(25-22(30)31)19(24)26-21(27-20)32-15-9-7-2/h17H,6-16H2,1-5H3,(H,25,31)(H2,24,26,27). The molecule has 3 rings (SSSR count). The number of hydrogen-bond acceptors (Lipinski definition) is 7. The Hall–Kier alpha value is -2.13. The van der Waals surface area contributed by atoms with Crippen LogP contribution in [0.2, 0.25) is 0 Å². The molecule has 32 heavy (non-hydrogen) atoms. The predicted octanol–water partition coefficient (Wildman–Crippen LogP) is 2.86. The SMILES string of the molecule is CCCCOc1nc(N)c2[nH]c(=O)n(CC(CCCC)N3CCN(C(C)(C)C)CC3)c2n1. The lowest BCUT2D eigenvalue weighted by Gasteiger charge is -2.44. The molecule has 0 aliphatic carbocycles. The van der Waals surface area contributed by atoms with Crippen molar-refractivity contribution in [1.82, 2.24) is 29.3 Å². The van der Waals surface area contributed by atoms with Crippen LogP contribution in [0.1, 0.15) is 66.7 Å². The molecule has 1 unspecified atom stereocenters. The molecule has 2 aromatic heterocycles. The molecule has 0 radical (unpaired) electrons. The lowest BCUT2D eigenvalue weighted by Crippen LogP contribution is -2.56. The van der Waals surface area contributed by atoms with Gasteiger partial charge in [-0.05, 0) is 33.6 Å². The van der Waals surface area contributed by atoms with Crippen LogP contribution in [0.15, 0.2) is 4.79 Å². The number of aromatic amines is 1. The van der Waals surface area contributed by atoms with E-state index in [9.17, 15) is 4.79 Å². The van der Waals surface area contributed by atoms with Gasteiger partial charge in [0.2, 0.25) is 0 Å². The normalized spacial score (nSPS) is 17.2. The largest absolute Gasteiger partial charge is 0.463 e. The number of unbranched alkanes of at least 4 members (excludes halogenated alkanes) is 2. The molecule has 1 saturated heterocycles. The molecule has 1 atom stereocenters. The molecule has 3 heterocycles. The van der Waals surface area contributed by atoms with Gasteiger partial charge < -0.3 is 15.5 Å². The van der Waals surface area contributed by atoms with Gasteiger partial charge >= 0.3 is 11.7 Å². The highest BCUT2D eigenvalue weighted by molar-refractivity contribution is 5.81. The molecule has 0 bridgehead atoms. The van der Waals surface area contributed by atoms with Gasteiger partial charge in [-0.1, -0.05) is 33.1 Å². The number of H-pyrrole nitrogens is 1. The third-order valence-electron chi connectivity index (χ3n) is 6.42. The molecule has 3 N–H and O–H groups in total. The van der Waals surface area contributed by atoms with E-state index in [1.165, 1.54) is 0 Å². The molecule has 0 spiro atoms. The van der Waals surface area contributed by atoms with Crippen molar-refractivity contribution in [3.05, 3.63) is 10.5 Å². The first-order valence-electron chi connectivity index (χ1n) is 12.1. The number of aromatic nitrogens is 4. The summed E-state index contributed by atoms with van der Waals surface area (Å²) in [4.78, 5) is 29.5. The van der Waals surface area contributed by atoms with Crippen molar-refractivity contribution in [1.29, 1.82) is 0 Å². The van der Waals surface area contributed by atoms with E-state index in [4.69, 9.17) is 10.5 Å². The summed E-state index contributed by atoms with van der Waals surface area (Å²) in [5, 5.41) is 0. The third kappa shape index (κ3) is 5.81. The lowest BCUT2D eigenvalue weighted by molar-refractivity contribution is 0.0354. The molecule has 9 nitrogen and oxygen atoms in total. The number of nitrogen functional groups attached to an aromatic ring is 1. The van der Waals surface area contributed by atoms with Crippen molar-refractivity contribution >= 4 is 17.0 Å². The Labute approximate surface area is 191 Å². The molecule has 1 aliphatic rings. The van der Waals surface area contributed by atoms with Gasteiger partial charge in [-0.25, -0.2) is 4.79 Å². The molecule has 180 valence electrons. The van der Waals surface area contributed by atoms with E-state index in [0.717, 1.165) is 58.3 Å². The fourth-order valence-corrected chi connectivity index (χ4v) is 4.37. The van der Waals surface area contributed by atoms with Gasteiger partial charge in [0.1, 0.15) is 5.52 Å². The minimum absolute atomic E-state index is 0.182. The molecule has 0 aromatic carbocycles. The van der Waals surface area contributed by atoms with Gasteiger partial charge in [0.15, 0.2) is 11.5 Å². The fraction of sp³-hybridized carbons (Fsp3) is 0.783. The highest BCUT2D eigenvalue weighted by Gasteiger charge is 2.30. The molecule has 9 heteroatoms. The number of fused-ring (bicyclic) bond motifs is 1. The summed E-state index contributed by atoms with van der Waals surface area (Å²) in [5.74, 6) is 0.251. The Morgan fingerprint density at radius 2 is 1.78 bits per heavy atom. The maximum absolute atomic E-state index is 12.9. The Morgan fingerprint density at radius 1 is 1.09 bits per heavy atom. The minimum Gasteiger partial charge on any atom is -0.463 e. The van der Waals surface area contributed by atoms with Crippen molar-refractivity contribution in [2.75, 3.05) is 38.5 Å². The zero-order chi connectivity index (χ0) is 23.3. The summed E-state index contributed by atoms with van der Waals surface area (Å²) in [7, 11) is 0. The monoisotopic (exact) mass is 447 g/mol. The number of nitrogens with one attached hydrogen (secondary N) is 1. The number of imidazole rings is 1. The highest BCUT2D eigenvalue weighted by atomic mass is 16.5. The van der Waals surface area contributed by atoms with E-state index < -0.39 is 0 Å². The predicted molar refractivity (Wildman–Crippen MR) is 129 cm³/mol. The molecule has 0 amide bonds. The molecule has 0 saturated carbocycles. The summed E-state index contributed by atoms with van der Waals surface area (Å²) in [5.41, 5.74) is 7.13. The van der Waals surface area contributed by atoms with Crippen LogP contribution in [0, 0.1) is 0 Å². The first kappa shape index (κ1) is 24.5. The number of nitrogens with two attached hydrogens (primary N) is 1. The number of anilines is 1. The van der Waals surface area contributed by atoms with Gasteiger partial charge in [0.25, 0.3) is 0 Å². The fourth-order valence-electron chi connectivity index (χ4n) is 4.37. The average Bonchev–Trinajstić information content (AvgIpc) is 3.06. The van der Waals surface area contributed by atoms with Crippen LogP contribution in [0.4, 0.5) is 5.82 Å². The van der Waals surface area contributed by atoms with Crippen LogP contribution in [0.3, 0.4) is 0 Å². The first-order valence-corrected chi connectivity index (χ1v) is 12.1. The summed E-state index contributed by atoms with van der Waals surface area (Å²) in [6.07, 6.45) is 5.25. The van der Waals surface area contributed by atoms with E-state index in [0.29, 0.717) is 24.3 Å². The summed E-state index contributed by atoms with van der Waals surface area (Å²) < 4.78 is 7.40. The number of rotatable bonds is 10. The zero-order valence-corrected chi connectivity index (χ0v) is 20.5. The molecule has 2 aromatic rings. The van der Waals surface area contributed by atoms with Gasteiger partial charge in [0.05, 0.1) is 6.61 Å². The van der Waals surface area contributed by atoms with E-state index in [2.05, 4.69) is 59.4 Å². The van der Waals surface area contributed by atoms with E-state index >= 15 is 0 Å². The second-order valence-corrected chi connectivity index (χ2v) is 9.82. The summed E-state index contributed by atoms with van der Waals surface area (Å²) in [6.45, 7) is 16.3. The van der Waals surface area contributed by atoms with Crippen LogP contribution < -0.4 is 16.2 Å². The molecule has 1 fully saturated rings. The van der Waals surface area contributed by atoms with Crippen LogP contribution in [0.25, 0.3) is 11.2 Å². The Balaban J connectivity index is 1.83. The summed E-state index contributed by atoms with van der Waals surface area (Å²) in [6, 6.07) is 0.509. The van der Waals surface area contributed by atoms with Gasteiger partial charge in [-0.3, -0.25) is 14.4 Å². The van der Waals surface area contributed by atoms with Gasteiger partial charge in [-0.2, -0.15) is 9.97 Å². The van der Waals surface area contributed by atoms with E-state index in [-0.39, 0.29) is 29.1 Å². The number of nitrogens with zero attached hydrogens (tertiary/aromatic N) is 5. The van der Waals surface area contributed by atoms with Crippen LogP contribution >= 0.6 is 0 Å². The average molecular weight is 448 g/mol. The second-order valence-electron chi connectivity index (χ2n) is 9.82. The van der Waals surface area contributed by atoms with Crippen LogP contribution in [0.5, 0.6) is 6.01 Å². The first-order chi connectivity index (χ1) is 15.2. The Bertz CT molecular complexity index is 923. The maximum Gasteiger partial charge on any atom is 0.327 e. The second kappa shape index (κ2) is 10.7. The van der Waals surface area contributed by atoms with Crippen LogP contribution in [-0.2, 0) is 6.54 Å². The quantitative estimate of drug-likeness (QED) is 0.540. The minimum atomic E-state index is -0.193. The molecule has 1 aliphatic heterocycles. The van der Waals surface area contributed by atoms with E-state index in [1.54, 1.807) is 4.57 Å². The van der Waals surface area contributed by atoms with Crippen molar-refractivity contribution in [2.45, 2.75) is 84.8 Å². The smallest absolute Gasteiger partial charge is 0.327 e. The Kier molecular flexibility index (Phi) is 8.16. The molecular formula is C23H41N7O2. The third-order valence-corrected chi connectivity index (χ3v) is 6.42. The van der Waals surface area contributed by atoms with Gasteiger partial charge in [0, 0.05) is 44.3 Å². The van der Waals surface area contributed by atoms with E-state index in [1.807, 2.05) is 0 Å². The number of hydrogen-bond donors (Lipinski definition) is 2. The number of piperazine rings is 1. The lowest BCUT2D eigenvalue weighted by atomic mass is 10.0. The van der Waals surface area contributed by atoms with Crippen LogP contribution in [-0.4, -0.2) is 73.7 Å². The number of ether oxygens (including phenoxy) is 1.